The molecule has 0 atom stereocenters. The number of hydrazine groups is 1. The van der Waals surface area contributed by atoms with Crippen LogP contribution in [0.4, 0.5) is 10.2 Å². The molecule has 0 saturated carbocycles. The Bertz CT molecular complexity index is 407. The van der Waals surface area contributed by atoms with E-state index < -0.39 is 11.4 Å². The summed E-state index contributed by atoms with van der Waals surface area (Å²) in [7, 11) is 0. The number of anilines is 1. The van der Waals surface area contributed by atoms with E-state index >= 15 is 0 Å². The van der Waals surface area contributed by atoms with Crippen LogP contribution >= 0.6 is 0 Å². The van der Waals surface area contributed by atoms with E-state index in [1.54, 1.807) is 6.92 Å². The maximum Gasteiger partial charge on any atom is 0.187 e. The highest BCUT2D eigenvalue weighted by Crippen LogP contribution is 2.32. The summed E-state index contributed by atoms with van der Waals surface area (Å²) in [5.41, 5.74) is 1.94. The molecule has 0 bridgehead atoms. The fourth-order valence-electron chi connectivity index (χ4n) is 1.97. The van der Waals surface area contributed by atoms with E-state index in [0.717, 1.165) is 0 Å². The van der Waals surface area contributed by atoms with Crippen LogP contribution in [0.15, 0.2) is 0 Å². The summed E-state index contributed by atoms with van der Waals surface area (Å²) < 4.78 is 19.4. The van der Waals surface area contributed by atoms with Gasteiger partial charge >= 0.3 is 0 Å². The van der Waals surface area contributed by atoms with Crippen molar-refractivity contribution in [1.29, 1.82) is 0 Å². The number of ether oxygens (including phenoxy) is 1. The molecule has 1 aromatic heterocycles. The molecule has 0 saturated heterocycles. The van der Waals surface area contributed by atoms with Crippen LogP contribution in [0.2, 0.25) is 0 Å². The molecule has 0 spiro atoms. The lowest BCUT2D eigenvalue weighted by Crippen LogP contribution is -2.32. The van der Waals surface area contributed by atoms with Gasteiger partial charge in [-0.1, -0.05) is 13.8 Å². The van der Waals surface area contributed by atoms with Gasteiger partial charge in [0.2, 0.25) is 0 Å². The van der Waals surface area contributed by atoms with E-state index in [0.29, 0.717) is 25.3 Å². The summed E-state index contributed by atoms with van der Waals surface area (Å²) in [5.74, 6) is 5.22. The Labute approximate surface area is 107 Å². The van der Waals surface area contributed by atoms with Crippen molar-refractivity contribution in [3.8, 4) is 0 Å². The van der Waals surface area contributed by atoms with Crippen molar-refractivity contribution < 1.29 is 9.13 Å². The summed E-state index contributed by atoms with van der Waals surface area (Å²) in [6.07, 6.45) is 1.43. The zero-order valence-corrected chi connectivity index (χ0v) is 11.4. The SMILES string of the molecule is CCOC(CC)(CC)c1nc(C)c(F)c(NN)n1. The summed E-state index contributed by atoms with van der Waals surface area (Å²) in [6.45, 7) is 8.04. The average molecular weight is 256 g/mol. The van der Waals surface area contributed by atoms with Gasteiger partial charge in [0.15, 0.2) is 17.5 Å². The molecule has 1 aromatic rings. The predicted molar refractivity (Wildman–Crippen MR) is 68.4 cm³/mol. The fourth-order valence-corrected chi connectivity index (χ4v) is 1.97. The zero-order valence-electron chi connectivity index (χ0n) is 11.4. The Hall–Kier alpha value is -1.27. The first kappa shape index (κ1) is 14.8. The van der Waals surface area contributed by atoms with Gasteiger partial charge in [0, 0.05) is 6.61 Å². The van der Waals surface area contributed by atoms with Crippen LogP contribution in [-0.4, -0.2) is 16.6 Å². The Morgan fingerprint density at radius 1 is 1.28 bits per heavy atom. The molecule has 1 rings (SSSR count). The highest BCUT2D eigenvalue weighted by molar-refractivity contribution is 5.37. The Balaban J connectivity index is 3.32. The standard InChI is InChI=1S/C12H21FN4O/c1-5-12(6-2,18-7-3)11-15-8(4)9(13)10(16-11)17-14/h5-7,14H2,1-4H3,(H,15,16,17). The van der Waals surface area contributed by atoms with Crippen LogP contribution in [-0.2, 0) is 10.3 Å². The molecule has 6 heteroatoms. The van der Waals surface area contributed by atoms with Crippen LogP contribution in [0.25, 0.3) is 0 Å². The number of hydrogen-bond acceptors (Lipinski definition) is 5. The van der Waals surface area contributed by atoms with Gasteiger partial charge in [0.1, 0.15) is 5.60 Å². The first-order valence-electron chi connectivity index (χ1n) is 6.19. The molecular formula is C12H21FN4O. The predicted octanol–water partition coefficient (Wildman–Crippen LogP) is 2.26. The smallest absolute Gasteiger partial charge is 0.187 e. The fraction of sp³-hybridized carbons (Fsp3) is 0.667. The summed E-state index contributed by atoms with van der Waals surface area (Å²) in [4.78, 5) is 8.34. The van der Waals surface area contributed by atoms with Crippen molar-refractivity contribution in [3.63, 3.8) is 0 Å². The highest BCUT2D eigenvalue weighted by Gasteiger charge is 2.33. The van der Waals surface area contributed by atoms with Crippen LogP contribution in [0, 0.1) is 12.7 Å². The van der Waals surface area contributed by atoms with Crippen molar-refractivity contribution in [2.45, 2.75) is 46.1 Å². The van der Waals surface area contributed by atoms with Gasteiger partial charge < -0.3 is 10.2 Å². The van der Waals surface area contributed by atoms with Crippen molar-refractivity contribution >= 4 is 5.82 Å². The third kappa shape index (κ3) is 2.59. The van der Waals surface area contributed by atoms with E-state index in [2.05, 4.69) is 15.4 Å². The Morgan fingerprint density at radius 2 is 1.89 bits per heavy atom. The van der Waals surface area contributed by atoms with Crippen LogP contribution in [0.1, 0.15) is 45.1 Å². The number of nitrogens with zero attached hydrogens (tertiary/aromatic N) is 2. The average Bonchev–Trinajstić information content (AvgIpc) is 2.39. The molecule has 0 amide bonds. The van der Waals surface area contributed by atoms with Crippen LogP contribution in [0.3, 0.4) is 0 Å². The van der Waals surface area contributed by atoms with E-state index in [9.17, 15) is 4.39 Å². The lowest BCUT2D eigenvalue weighted by Gasteiger charge is -2.30. The molecule has 18 heavy (non-hydrogen) atoms. The maximum absolute atomic E-state index is 13.7. The maximum atomic E-state index is 13.7. The Kier molecular flexibility index (Phi) is 4.98. The number of nitrogen functional groups attached to an aromatic ring is 1. The molecule has 0 aromatic carbocycles. The zero-order chi connectivity index (χ0) is 13.8. The third-order valence-electron chi connectivity index (χ3n) is 3.12. The molecule has 1 heterocycles. The molecular weight excluding hydrogens is 235 g/mol. The number of nitrogens with two attached hydrogens (primary N) is 1. The minimum absolute atomic E-state index is 0.00322. The third-order valence-corrected chi connectivity index (χ3v) is 3.12. The molecule has 5 nitrogen and oxygen atoms in total. The monoisotopic (exact) mass is 256 g/mol. The summed E-state index contributed by atoms with van der Waals surface area (Å²) >= 11 is 0. The molecule has 0 aliphatic carbocycles. The minimum atomic E-state index is -0.585. The largest absolute Gasteiger partial charge is 0.367 e. The summed E-state index contributed by atoms with van der Waals surface area (Å²) in [6, 6.07) is 0. The van der Waals surface area contributed by atoms with Gasteiger partial charge in [-0.15, -0.1) is 0 Å². The van der Waals surface area contributed by atoms with Gasteiger partial charge in [-0.05, 0) is 26.7 Å². The van der Waals surface area contributed by atoms with E-state index in [1.165, 1.54) is 0 Å². The number of aryl methyl sites for hydroxylation is 1. The van der Waals surface area contributed by atoms with Crippen molar-refractivity contribution in [1.82, 2.24) is 9.97 Å². The molecule has 0 aliphatic heterocycles. The number of hydrogen-bond donors (Lipinski definition) is 2. The number of rotatable bonds is 6. The second kappa shape index (κ2) is 6.06. The molecule has 102 valence electrons. The highest BCUT2D eigenvalue weighted by atomic mass is 19.1. The molecule has 0 aliphatic rings. The van der Waals surface area contributed by atoms with Gasteiger partial charge in [-0.3, -0.25) is 0 Å². The van der Waals surface area contributed by atoms with Crippen molar-refractivity contribution in [2.24, 2.45) is 5.84 Å². The minimum Gasteiger partial charge on any atom is -0.367 e. The molecule has 0 fully saturated rings. The first-order chi connectivity index (χ1) is 8.54. The number of halogens is 1. The van der Waals surface area contributed by atoms with Crippen LogP contribution < -0.4 is 11.3 Å². The van der Waals surface area contributed by atoms with Gasteiger partial charge in [-0.2, -0.15) is 0 Å². The van der Waals surface area contributed by atoms with Gasteiger partial charge in [0.25, 0.3) is 0 Å². The van der Waals surface area contributed by atoms with Gasteiger partial charge in [0.05, 0.1) is 5.69 Å². The Morgan fingerprint density at radius 3 is 2.33 bits per heavy atom. The second-order valence-corrected chi connectivity index (χ2v) is 4.07. The van der Waals surface area contributed by atoms with E-state index in [-0.39, 0.29) is 11.5 Å². The van der Waals surface area contributed by atoms with Crippen molar-refractivity contribution in [3.05, 3.63) is 17.3 Å². The normalized spacial score (nSPS) is 11.7. The lowest BCUT2D eigenvalue weighted by molar-refractivity contribution is -0.0572. The van der Waals surface area contributed by atoms with E-state index in [1.807, 2.05) is 20.8 Å². The van der Waals surface area contributed by atoms with E-state index in [4.69, 9.17) is 10.6 Å². The van der Waals surface area contributed by atoms with Crippen LogP contribution in [0.5, 0.6) is 0 Å². The molecule has 0 radical (unpaired) electrons. The summed E-state index contributed by atoms with van der Waals surface area (Å²) in [5, 5.41) is 0. The number of aromatic nitrogens is 2. The molecule has 0 unspecified atom stereocenters. The number of nitrogens with one attached hydrogen (secondary N) is 1. The lowest BCUT2D eigenvalue weighted by atomic mass is 9.95. The molecule has 3 N–H and O–H groups in total. The second-order valence-electron chi connectivity index (χ2n) is 4.07. The first-order valence-corrected chi connectivity index (χ1v) is 6.19. The van der Waals surface area contributed by atoms with Gasteiger partial charge in [-0.25, -0.2) is 20.2 Å². The topological polar surface area (TPSA) is 73.1 Å². The quantitative estimate of drug-likeness (QED) is 0.603. The van der Waals surface area contributed by atoms with Crippen molar-refractivity contribution in [2.75, 3.05) is 12.0 Å².